The Morgan fingerprint density at radius 2 is 2.12 bits per heavy atom. The van der Waals surface area contributed by atoms with E-state index in [0.29, 0.717) is 35.6 Å². The Hall–Kier alpha value is -2.66. The summed E-state index contributed by atoms with van der Waals surface area (Å²) in [6.45, 7) is 5.57. The van der Waals surface area contributed by atoms with Crippen molar-refractivity contribution in [3.05, 3.63) is 34.5 Å². The van der Waals surface area contributed by atoms with Gasteiger partial charge in [-0.2, -0.15) is 10.2 Å². The average Bonchev–Trinajstić information content (AvgIpc) is 3.40. The van der Waals surface area contributed by atoms with Crippen molar-refractivity contribution in [3.63, 3.8) is 0 Å². The van der Waals surface area contributed by atoms with Crippen molar-refractivity contribution < 1.29 is 8.94 Å². The van der Waals surface area contributed by atoms with E-state index in [9.17, 15) is 5.26 Å². The lowest BCUT2D eigenvalue weighted by atomic mass is 9.97. The number of aryl methyl sites for hydroxylation is 2. The van der Waals surface area contributed by atoms with E-state index >= 15 is 0 Å². The van der Waals surface area contributed by atoms with E-state index in [-0.39, 0.29) is 5.92 Å². The molecule has 7 nitrogen and oxygen atoms in total. The number of thiophene rings is 1. The van der Waals surface area contributed by atoms with Crippen LogP contribution in [0.4, 0.5) is 5.88 Å². The lowest BCUT2D eigenvalue weighted by Crippen LogP contribution is -2.33. The van der Waals surface area contributed by atoms with Gasteiger partial charge in [0.05, 0.1) is 4.88 Å². The number of piperidine rings is 1. The van der Waals surface area contributed by atoms with Crippen LogP contribution in [0.2, 0.25) is 0 Å². The Morgan fingerprint density at radius 1 is 1.31 bits per heavy atom. The van der Waals surface area contributed by atoms with Crippen LogP contribution in [-0.2, 0) is 6.42 Å². The molecule has 0 amide bonds. The van der Waals surface area contributed by atoms with Crippen molar-refractivity contribution in [3.8, 4) is 16.8 Å². The van der Waals surface area contributed by atoms with E-state index in [4.69, 9.17) is 8.94 Å². The summed E-state index contributed by atoms with van der Waals surface area (Å²) in [5.41, 5.74) is 0.369. The van der Waals surface area contributed by atoms with Crippen molar-refractivity contribution in [2.45, 2.75) is 39.0 Å². The molecule has 0 saturated carbocycles. The highest BCUT2D eigenvalue weighted by Gasteiger charge is 2.29. The first-order valence-corrected chi connectivity index (χ1v) is 9.54. The maximum atomic E-state index is 9.27. The number of rotatable bonds is 4. The van der Waals surface area contributed by atoms with E-state index in [1.165, 1.54) is 4.88 Å². The second-order valence-corrected chi connectivity index (χ2v) is 7.64. The summed E-state index contributed by atoms with van der Waals surface area (Å²) < 4.78 is 11.3. The van der Waals surface area contributed by atoms with Gasteiger partial charge in [0.1, 0.15) is 6.07 Å². The van der Waals surface area contributed by atoms with E-state index in [1.807, 2.05) is 13.0 Å². The van der Waals surface area contributed by atoms with Crippen LogP contribution in [0.1, 0.15) is 48.0 Å². The molecule has 0 unspecified atom stereocenters. The zero-order valence-corrected chi connectivity index (χ0v) is 15.5. The Morgan fingerprint density at radius 3 is 2.77 bits per heavy atom. The lowest BCUT2D eigenvalue weighted by Gasteiger charge is -2.29. The minimum absolute atomic E-state index is 0.229. The second kappa shape index (κ2) is 6.92. The van der Waals surface area contributed by atoms with Gasteiger partial charge in [0.2, 0.25) is 23.3 Å². The largest absolute Gasteiger partial charge is 0.424 e. The third-order valence-electron chi connectivity index (χ3n) is 4.60. The quantitative estimate of drug-likeness (QED) is 0.688. The summed E-state index contributed by atoms with van der Waals surface area (Å²) in [6, 6.07) is 6.21. The molecule has 0 spiro atoms. The van der Waals surface area contributed by atoms with Crippen LogP contribution in [0.5, 0.6) is 0 Å². The van der Waals surface area contributed by atoms with Crippen molar-refractivity contribution in [1.82, 2.24) is 15.1 Å². The molecule has 26 heavy (non-hydrogen) atoms. The molecule has 0 N–H and O–H groups in total. The molecule has 1 aliphatic heterocycles. The van der Waals surface area contributed by atoms with Crippen molar-refractivity contribution in [2.75, 3.05) is 18.0 Å². The van der Waals surface area contributed by atoms with Gasteiger partial charge in [0, 0.05) is 30.3 Å². The van der Waals surface area contributed by atoms with Crippen LogP contribution in [0.25, 0.3) is 10.7 Å². The number of oxazole rings is 1. The molecule has 0 atom stereocenters. The third-order valence-corrected chi connectivity index (χ3v) is 5.59. The number of nitrogens with zero attached hydrogens (tertiary/aromatic N) is 5. The Kier molecular flexibility index (Phi) is 4.47. The molecule has 0 radical (unpaired) electrons. The zero-order chi connectivity index (χ0) is 18.1. The minimum atomic E-state index is 0.229. The summed E-state index contributed by atoms with van der Waals surface area (Å²) in [6.07, 6.45) is 2.42. The number of hydrogen-bond acceptors (Lipinski definition) is 8. The molecule has 0 aromatic carbocycles. The van der Waals surface area contributed by atoms with Gasteiger partial charge in [0.25, 0.3) is 0 Å². The van der Waals surface area contributed by atoms with Crippen molar-refractivity contribution in [2.24, 2.45) is 0 Å². The van der Waals surface area contributed by atoms with Crippen LogP contribution >= 0.6 is 11.3 Å². The fourth-order valence-electron chi connectivity index (χ4n) is 3.18. The van der Waals surface area contributed by atoms with Crippen molar-refractivity contribution in [1.29, 1.82) is 5.26 Å². The second-order valence-electron chi connectivity index (χ2n) is 6.35. The summed E-state index contributed by atoms with van der Waals surface area (Å²) >= 11 is 1.66. The topological polar surface area (TPSA) is 92.0 Å². The first kappa shape index (κ1) is 16.8. The fourth-order valence-corrected chi connectivity index (χ4v) is 3.97. The van der Waals surface area contributed by atoms with Gasteiger partial charge < -0.3 is 13.8 Å². The highest BCUT2D eigenvalue weighted by Crippen LogP contribution is 2.33. The Balaban J connectivity index is 1.45. The molecule has 0 aliphatic carbocycles. The number of nitriles is 1. The maximum absolute atomic E-state index is 9.27. The van der Waals surface area contributed by atoms with Gasteiger partial charge in [-0.05, 0) is 31.9 Å². The fraction of sp³-hybridized carbons (Fsp3) is 0.444. The smallest absolute Gasteiger partial charge is 0.234 e. The zero-order valence-electron chi connectivity index (χ0n) is 14.7. The molecule has 0 bridgehead atoms. The monoisotopic (exact) mass is 369 g/mol. The van der Waals surface area contributed by atoms with Gasteiger partial charge in [-0.25, -0.2) is 4.98 Å². The predicted octanol–water partition coefficient (Wildman–Crippen LogP) is 3.91. The lowest BCUT2D eigenvalue weighted by molar-refractivity contribution is 0.326. The highest BCUT2D eigenvalue weighted by atomic mass is 32.1. The summed E-state index contributed by atoms with van der Waals surface area (Å²) in [5.74, 6) is 2.77. The molecular formula is C18H19N5O2S. The molecule has 4 rings (SSSR count). The molecule has 3 aromatic rings. The van der Waals surface area contributed by atoms with Gasteiger partial charge in [-0.1, -0.05) is 12.1 Å². The molecule has 1 fully saturated rings. The molecule has 1 aliphatic rings. The Labute approximate surface area is 155 Å². The Bertz CT molecular complexity index is 943. The first-order chi connectivity index (χ1) is 12.7. The number of aromatic nitrogens is 3. The highest BCUT2D eigenvalue weighted by molar-refractivity contribution is 7.15. The molecular weight excluding hydrogens is 350 g/mol. The van der Waals surface area contributed by atoms with Crippen LogP contribution in [-0.4, -0.2) is 28.2 Å². The van der Waals surface area contributed by atoms with Crippen LogP contribution < -0.4 is 4.90 Å². The van der Waals surface area contributed by atoms with Crippen LogP contribution in [0, 0.1) is 18.3 Å². The van der Waals surface area contributed by atoms with Crippen molar-refractivity contribution >= 4 is 17.2 Å². The predicted molar refractivity (Wildman–Crippen MR) is 97.1 cm³/mol. The van der Waals surface area contributed by atoms with E-state index < -0.39 is 0 Å². The minimum Gasteiger partial charge on any atom is -0.424 e. The summed E-state index contributed by atoms with van der Waals surface area (Å²) in [4.78, 5) is 13.2. The van der Waals surface area contributed by atoms with Gasteiger partial charge in [0.15, 0.2) is 5.89 Å². The third kappa shape index (κ3) is 3.10. The molecule has 134 valence electrons. The van der Waals surface area contributed by atoms with Gasteiger partial charge >= 0.3 is 0 Å². The molecule has 1 saturated heterocycles. The number of anilines is 1. The molecule has 8 heteroatoms. The molecule has 4 heterocycles. The average molecular weight is 369 g/mol. The summed E-state index contributed by atoms with van der Waals surface area (Å²) in [5, 5.41) is 13.4. The van der Waals surface area contributed by atoms with Crippen LogP contribution in [0.3, 0.4) is 0 Å². The van der Waals surface area contributed by atoms with E-state index in [0.717, 1.165) is 30.8 Å². The van der Waals surface area contributed by atoms with E-state index in [2.05, 4.69) is 39.1 Å². The standard InChI is InChI=1S/C18H19N5O2S/c1-3-15-20-13(10-19)18(24-15)23-8-6-12(7-9-23)17-21-16(22-25-17)14-5-4-11(2)26-14/h4-5,12H,3,6-9H2,1-2H3. The SMILES string of the molecule is CCc1nc(C#N)c(N2CCC(c3nc(-c4ccc(C)s4)no3)CC2)o1. The summed E-state index contributed by atoms with van der Waals surface area (Å²) in [7, 11) is 0. The van der Waals surface area contributed by atoms with Gasteiger partial charge in [-0.15, -0.1) is 11.3 Å². The van der Waals surface area contributed by atoms with Gasteiger partial charge in [-0.3, -0.25) is 0 Å². The van der Waals surface area contributed by atoms with Crippen LogP contribution in [0.15, 0.2) is 21.1 Å². The number of hydrogen-bond donors (Lipinski definition) is 0. The first-order valence-electron chi connectivity index (χ1n) is 8.73. The maximum Gasteiger partial charge on any atom is 0.234 e. The van der Waals surface area contributed by atoms with E-state index in [1.54, 1.807) is 11.3 Å². The molecule has 3 aromatic heterocycles. The normalized spacial score (nSPS) is 15.3.